The largest absolute Gasteiger partial charge is 0.383 e. The predicted molar refractivity (Wildman–Crippen MR) is 161 cm³/mol. The molecule has 1 aliphatic rings. The minimum atomic E-state index is -0.142. The van der Waals surface area contributed by atoms with Crippen molar-refractivity contribution in [1.29, 1.82) is 0 Å². The summed E-state index contributed by atoms with van der Waals surface area (Å²) in [5.74, 6) is 0.506. The molecule has 38 heavy (non-hydrogen) atoms. The Labute approximate surface area is 238 Å². The maximum atomic E-state index is 12.5. The van der Waals surface area contributed by atoms with E-state index in [1.807, 2.05) is 17.8 Å². The molecule has 1 aliphatic heterocycles. The van der Waals surface area contributed by atoms with Gasteiger partial charge in [-0.15, -0.1) is 23.1 Å². The van der Waals surface area contributed by atoms with Crippen LogP contribution in [0.25, 0.3) is 10.2 Å². The molecule has 3 heterocycles. The molecule has 0 aliphatic carbocycles. The number of rotatable bonds is 6. The average Bonchev–Trinajstić information content (AvgIpc) is 3.32. The second-order valence-electron chi connectivity index (χ2n) is 8.89. The van der Waals surface area contributed by atoms with Gasteiger partial charge in [0.05, 0.1) is 16.4 Å². The van der Waals surface area contributed by atoms with Gasteiger partial charge in [0.1, 0.15) is 10.6 Å². The van der Waals surface area contributed by atoms with E-state index in [0.29, 0.717) is 26.9 Å². The Hall–Kier alpha value is -3.04. The predicted octanol–water partition coefficient (Wildman–Crippen LogP) is 7.78. The van der Waals surface area contributed by atoms with E-state index in [0.717, 1.165) is 16.6 Å². The number of anilines is 2. The first-order valence-corrected chi connectivity index (χ1v) is 15.2. The molecular weight excluding hydrogens is 552 g/mol. The van der Waals surface area contributed by atoms with Crippen molar-refractivity contribution in [1.82, 2.24) is 9.97 Å². The topological polar surface area (TPSA) is 80.9 Å². The van der Waals surface area contributed by atoms with Crippen molar-refractivity contribution in [3.05, 3.63) is 112 Å². The van der Waals surface area contributed by atoms with Gasteiger partial charge in [-0.1, -0.05) is 84.0 Å². The molecular formula is C29H23ClN4OS3. The molecule has 3 aromatic carbocycles. The van der Waals surface area contributed by atoms with Gasteiger partial charge in [0.15, 0.2) is 5.16 Å². The average molecular weight is 575 g/mol. The minimum Gasteiger partial charge on any atom is -0.383 e. The van der Waals surface area contributed by atoms with Crippen molar-refractivity contribution in [3.8, 4) is 0 Å². The van der Waals surface area contributed by atoms with Gasteiger partial charge in [-0.2, -0.15) is 0 Å². The number of halogens is 1. The molecule has 1 amide bonds. The van der Waals surface area contributed by atoms with Crippen LogP contribution in [0.2, 0.25) is 5.02 Å². The van der Waals surface area contributed by atoms with Crippen LogP contribution in [0.3, 0.4) is 0 Å². The highest BCUT2D eigenvalue weighted by Gasteiger charge is 2.34. The first-order chi connectivity index (χ1) is 18.5. The molecule has 0 radical (unpaired) electrons. The Bertz CT molecular complexity index is 1590. The van der Waals surface area contributed by atoms with Crippen LogP contribution < -0.4 is 11.1 Å². The van der Waals surface area contributed by atoms with Gasteiger partial charge in [-0.25, -0.2) is 9.97 Å². The van der Waals surface area contributed by atoms with Gasteiger partial charge in [-0.3, -0.25) is 4.79 Å². The molecule has 5 nitrogen and oxygen atoms in total. The number of nitrogen functional groups attached to an aromatic ring is 1. The van der Waals surface area contributed by atoms with Gasteiger partial charge in [0.2, 0.25) is 5.91 Å². The molecule has 2 atom stereocenters. The quantitative estimate of drug-likeness (QED) is 0.159. The highest BCUT2D eigenvalue weighted by molar-refractivity contribution is 8.00. The lowest BCUT2D eigenvalue weighted by Gasteiger charge is -2.30. The number of nitrogens with two attached hydrogens (primary N) is 1. The van der Waals surface area contributed by atoms with Gasteiger partial charge in [0, 0.05) is 20.8 Å². The SMILES string of the molecule is Nc1nc(SCC(=O)Nc2ccc(Cl)cc2)nc2sc3c(c12)C[C@@H](c1ccccc1)S[C@H]3c1ccccc1. The number of nitrogens with one attached hydrogen (secondary N) is 1. The Morgan fingerprint density at radius 3 is 2.37 bits per heavy atom. The van der Waals surface area contributed by atoms with Crippen molar-refractivity contribution in [3.63, 3.8) is 0 Å². The zero-order chi connectivity index (χ0) is 26.1. The van der Waals surface area contributed by atoms with Crippen LogP contribution >= 0.6 is 46.5 Å². The third-order valence-corrected chi connectivity index (χ3v) is 10.3. The maximum Gasteiger partial charge on any atom is 0.234 e. The molecule has 190 valence electrons. The van der Waals surface area contributed by atoms with Crippen molar-refractivity contribution in [2.24, 2.45) is 0 Å². The highest BCUT2D eigenvalue weighted by atomic mass is 35.5. The third-order valence-electron chi connectivity index (χ3n) is 6.35. The first kappa shape index (κ1) is 25.2. The van der Waals surface area contributed by atoms with E-state index in [-0.39, 0.29) is 16.9 Å². The van der Waals surface area contributed by atoms with E-state index in [2.05, 4.69) is 64.9 Å². The summed E-state index contributed by atoms with van der Waals surface area (Å²) in [6.45, 7) is 0. The number of carbonyl (C=O) groups is 1. The number of nitrogens with zero attached hydrogens (tertiary/aromatic N) is 2. The first-order valence-electron chi connectivity index (χ1n) is 12.1. The summed E-state index contributed by atoms with van der Waals surface area (Å²) >= 11 is 10.9. The van der Waals surface area contributed by atoms with Crippen molar-refractivity contribution >= 4 is 74.1 Å². The van der Waals surface area contributed by atoms with E-state index >= 15 is 0 Å². The van der Waals surface area contributed by atoms with Crippen LogP contribution in [0.1, 0.15) is 32.1 Å². The van der Waals surface area contributed by atoms with Gasteiger partial charge in [0.25, 0.3) is 0 Å². The molecule has 0 saturated heterocycles. The van der Waals surface area contributed by atoms with Crippen molar-refractivity contribution in [2.75, 3.05) is 16.8 Å². The van der Waals surface area contributed by atoms with E-state index in [9.17, 15) is 4.79 Å². The highest BCUT2D eigenvalue weighted by Crippen LogP contribution is 2.55. The van der Waals surface area contributed by atoms with E-state index in [4.69, 9.17) is 22.3 Å². The van der Waals surface area contributed by atoms with Gasteiger partial charge in [-0.05, 0) is 47.4 Å². The summed E-state index contributed by atoms with van der Waals surface area (Å²) in [7, 11) is 0. The van der Waals surface area contributed by atoms with E-state index in [1.165, 1.54) is 33.3 Å². The Morgan fingerprint density at radius 2 is 1.66 bits per heavy atom. The number of hydrogen-bond acceptors (Lipinski definition) is 7. The molecule has 0 spiro atoms. The number of fused-ring (bicyclic) bond motifs is 3. The molecule has 0 fully saturated rings. The van der Waals surface area contributed by atoms with Gasteiger partial charge < -0.3 is 11.1 Å². The summed E-state index contributed by atoms with van der Waals surface area (Å²) in [6, 6.07) is 28.3. The van der Waals surface area contributed by atoms with E-state index < -0.39 is 0 Å². The lowest BCUT2D eigenvalue weighted by atomic mass is 9.98. The molecule has 9 heteroatoms. The van der Waals surface area contributed by atoms with Crippen molar-refractivity contribution in [2.45, 2.75) is 22.1 Å². The second kappa shape index (κ2) is 11.0. The van der Waals surface area contributed by atoms with Crippen molar-refractivity contribution < 1.29 is 4.79 Å². The van der Waals surface area contributed by atoms with Crippen LogP contribution in [0.4, 0.5) is 11.5 Å². The lowest BCUT2D eigenvalue weighted by molar-refractivity contribution is -0.113. The molecule has 0 saturated carbocycles. The van der Waals surface area contributed by atoms with E-state index in [1.54, 1.807) is 35.6 Å². The standard InChI is InChI=1S/C29H23ClN4OS3/c30-19-11-13-20(14-12-19)32-23(35)16-36-29-33-27(31)24-21-15-22(17-7-3-1-4-8-17)37-25(18-9-5-2-6-10-18)26(21)38-28(24)34-29/h1-14,22,25H,15-16H2,(H,32,35)(H2,31,33,34)/t22-,25-/m0/s1. The van der Waals surface area contributed by atoms with Crippen LogP contribution in [-0.4, -0.2) is 21.6 Å². The zero-order valence-electron chi connectivity index (χ0n) is 20.1. The summed E-state index contributed by atoms with van der Waals surface area (Å²) in [4.78, 5) is 24.1. The number of aromatic nitrogens is 2. The molecule has 0 bridgehead atoms. The molecule has 3 N–H and O–H groups in total. The van der Waals surface area contributed by atoms with Gasteiger partial charge >= 0.3 is 0 Å². The lowest BCUT2D eigenvalue weighted by Crippen LogP contribution is -2.14. The summed E-state index contributed by atoms with van der Waals surface area (Å²) in [6.07, 6.45) is 0.872. The number of thioether (sulfide) groups is 2. The molecule has 5 aromatic rings. The number of carbonyl (C=O) groups excluding carboxylic acids is 1. The summed E-state index contributed by atoms with van der Waals surface area (Å²) in [5, 5.41) is 5.43. The number of hydrogen-bond donors (Lipinski definition) is 2. The monoisotopic (exact) mass is 574 g/mol. The fourth-order valence-corrected chi connectivity index (χ4v) is 8.46. The Kier molecular flexibility index (Phi) is 7.30. The molecule has 2 aromatic heterocycles. The Balaban J connectivity index is 1.30. The normalized spacial score (nSPS) is 16.8. The number of thiophene rings is 1. The summed E-state index contributed by atoms with van der Waals surface area (Å²) < 4.78 is 0. The third kappa shape index (κ3) is 5.27. The fourth-order valence-electron chi connectivity index (χ4n) is 4.60. The molecule has 0 unspecified atom stereocenters. The Morgan fingerprint density at radius 1 is 0.974 bits per heavy atom. The number of amides is 1. The second-order valence-corrected chi connectivity index (χ2v) is 12.6. The van der Waals surface area contributed by atoms with Crippen LogP contribution in [0.15, 0.2) is 90.1 Å². The maximum absolute atomic E-state index is 12.5. The minimum absolute atomic E-state index is 0.142. The fraction of sp³-hybridized carbons (Fsp3) is 0.138. The van der Waals surface area contributed by atoms with Crippen LogP contribution in [0, 0.1) is 0 Å². The molecule has 6 rings (SSSR count). The zero-order valence-corrected chi connectivity index (χ0v) is 23.3. The summed E-state index contributed by atoms with van der Waals surface area (Å²) in [5.41, 5.74) is 11.1. The number of benzene rings is 3. The van der Waals surface area contributed by atoms with Crippen LogP contribution in [0.5, 0.6) is 0 Å². The smallest absolute Gasteiger partial charge is 0.234 e. The van der Waals surface area contributed by atoms with Crippen LogP contribution in [-0.2, 0) is 11.2 Å².